The Bertz CT molecular complexity index is 376. The second-order valence-corrected chi connectivity index (χ2v) is 4.47. The summed E-state index contributed by atoms with van der Waals surface area (Å²) in [5.74, 6) is 0.165. The minimum Gasteiger partial charge on any atom is -0.375 e. The quantitative estimate of drug-likeness (QED) is 0.847. The Labute approximate surface area is 102 Å². The molecule has 2 nitrogen and oxygen atoms in total. The molecule has 0 aliphatic carbocycles. The van der Waals surface area contributed by atoms with Crippen LogP contribution in [-0.4, -0.2) is 11.8 Å². The highest BCUT2D eigenvalue weighted by molar-refractivity contribution is 6.31. The number of hydrogen-bond acceptors (Lipinski definition) is 2. The van der Waals surface area contributed by atoms with Crippen LogP contribution in [0.5, 0.6) is 0 Å². The normalized spacial score (nSPS) is 12.2. The molecule has 1 N–H and O–H groups in total. The molecule has 1 aromatic rings. The van der Waals surface area contributed by atoms with Gasteiger partial charge in [-0.2, -0.15) is 0 Å². The average molecular weight is 240 g/mol. The van der Waals surface area contributed by atoms with Crippen molar-refractivity contribution in [2.75, 3.05) is 5.32 Å². The molecule has 0 aliphatic heterocycles. The van der Waals surface area contributed by atoms with Crippen molar-refractivity contribution in [1.29, 1.82) is 0 Å². The lowest BCUT2D eigenvalue weighted by Crippen LogP contribution is -2.27. The third-order valence-electron chi connectivity index (χ3n) is 2.58. The smallest absolute Gasteiger partial charge is 0.151 e. The van der Waals surface area contributed by atoms with Crippen LogP contribution < -0.4 is 5.32 Å². The summed E-state index contributed by atoms with van der Waals surface area (Å²) in [4.78, 5) is 11.4. The summed E-state index contributed by atoms with van der Waals surface area (Å²) in [6, 6.07) is 5.66. The number of hydrogen-bond donors (Lipinski definition) is 1. The highest BCUT2D eigenvalue weighted by Gasteiger charge is 2.12. The Hall–Kier alpha value is -1.02. The molecule has 1 rings (SSSR count). The van der Waals surface area contributed by atoms with Gasteiger partial charge in [0.1, 0.15) is 0 Å². The zero-order chi connectivity index (χ0) is 12.1. The first-order valence-electron chi connectivity index (χ1n) is 5.57. The first-order chi connectivity index (χ1) is 7.54. The molecule has 1 atom stereocenters. The lowest BCUT2D eigenvalue weighted by molar-refractivity contribution is -0.117. The molecule has 88 valence electrons. The van der Waals surface area contributed by atoms with Gasteiger partial charge in [0.15, 0.2) is 5.78 Å². The zero-order valence-corrected chi connectivity index (χ0v) is 10.8. The van der Waals surface area contributed by atoms with Gasteiger partial charge in [-0.15, -0.1) is 0 Å². The third kappa shape index (κ3) is 3.53. The Balaban J connectivity index is 2.77. The predicted octanol–water partition coefficient (Wildman–Crippen LogP) is 3.82. The largest absolute Gasteiger partial charge is 0.375 e. The highest BCUT2D eigenvalue weighted by atomic mass is 35.5. The maximum atomic E-state index is 11.4. The van der Waals surface area contributed by atoms with E-state index in [1.54, 1.807) is 6.92 Å². The molecular weight excluding hydrogens is 222 g/mol. The lowest BCUT2D eigenvalue weighted by Gasteiger charge is -2.16. The molecule has 0 saturated heterocycles. The van der Waals surface area contributed by atoms with Crippen molar-refractivity contribution in [3.63, 3.8) is 0 Å². The number of benzene rings is 1. The summed E-state index contributed by atoms with van der Waals surface area (Å²) in [6.45, 7) is 5.64. The van der Waals surface area contributed by atoms with E-state index in [2.05, 4.69) is 12.2 Å². The van der Waals surface area contributed by atoms with E-state index in [1.807, 2.05) is 25.1 Å². The van der Waals surface area contributed by atoms with Crippen LogP contribution in [0.15, 0.2) is 18.2 Å². The molecule has 0 heterocycles. The lowest BCUT2D eigenvalue weighted by atomic mass is 10.1. The Morgan fingerprint density at radius 1 is 1.50 bits per heavy atom. The molecule has 0 radical (unpaired) electrons. The maximum Gasteiger partial charge on any atom is 0.151 e. The van der Waals surface area contributed by atoms with Gasteiger partial charge in [0.25, 0.3) is 0 Å². The number of aryl methyl sites for hydroxylation is 1. The van der Waals surface area contributed by atoms with Gasteiger partial charge in [-0.25, -0.2) is 0 Å². The van der Waals surface area contributed by atoms with Crippen LogP contribution >= 0.6 is 11.6 Å². The summed E-state index contributed by atoms with van der Waals surface area (Å²) in [6.07, 6.45) is 1.83. The van der Waals surface area contributed by atoms with E-state index in [0.29, 0.717) is 0 Å². The van der Waals surface area contributed by atoms with Crippen LogP contribution in [0, 0.1) is 6.92 Å². The van der Waals surface area contributed by atoms with Crippen LogP contribution in [0.3, 0.4) is 0 Å². The first kappa shape index (κ1) is 13.0. The van der Waals surface area contributed by atoms with Crippen molar-refractivity contribution in [1.82, 2.24) is 0 Å². The van der Waals surface area contributed by atoms with Crippen LogP contribution in [0.1, 0.15) is 32.3 Å². The molecule has 0 amide bonds. The van der Waals surface area contributed by atoms with Gasteiger partial charge in [-0.05, 0) is 38.0 Å². The molecule has 1 aromatic carbocycles. The highest BCUT2D eigenvalue weighted by Crippen LogP contribution is 2.21. The fourth-order valence-corrected chi connectivity index (χ4v) is 1.73. The van der Waals surface area contributed by atoms with E-state index in [1.165, 1.54) is 0 Å². The van der Waals surface area contributed by atoms with Crippen molar-refractivity contribution >= 4 is 23.1 Å². The van der Waals surface area contributed by atoms with Crippen LogP contribution in [-0.2, 0) is 4.79 Å². The number of anilines is 1. The summed E-state index contributed by atoms with van der Waals surface area (Å²) >= 11 is 6.03. The molecule has 0 saturated carbocycles. The number of carbonyl (C=O) groups excluding carboxylic acids is 1. The van der Waals surface area contributed by atoms with Gasteiger partial charge >= 0.3 is 0 Å². The molecule has 0 fully saturated rings. The molecule has 0 aliphatic rings. The molecule has 0 aromatic heterocycles. The molecule has 0 spiro atoms. The average Bonchev–Trinajstić information content (AvgIpc) is 2.22. The topological polar surface area (TPSA) is 29.1 Å². The molecular formula is C13H18ClNO. The third-order valence-corrected chi connectivity index (χ3v) is 2.99. The van der Waals surface area contributed by atoms with Crippen LogP contribution in [0.25, 0.3) is 0 Å². The standard InChI is InChI=1S/C13H18ClNO/c1-4-5-13(10(3)16)15-11-7-6-9(2)12(14)8-11/h6-8,13,15H,4-5H2,1-3H3. The van der Waals surface area contributed by atoms with Crippen LogP contribution in [0.2, 0.25) is 5.02 Å². The Morgan fingerprint density at radius 3 is 2.69 bits per heavy atom. The number of Topliss-reactive ketones (excluding diaryl/α,β-unsaturated/α-hetero) is 1. The van der Waals surface area contributed by atoms with Gasteiger partial charge in [-0.1, -0.05) is 31.0 Å². The fourth-order valence-electron chi connectivity index (χ4n) is 1.55. The monoisotopic (exact) mass is 239 g/mol. The molecule has 16 heavy (non-hydrogen) atoms. The zero-order valence-electron chi connectivity index (χ0n) is 10.0. The van der Waals surface area contributed by atoms with E-state index in [0.717, 1.165) is 29.1 Å². The molecule has 3 heteroatoms. The van der Waals surface area contributed by atoms with Crippen LogP contribution in [0.4, 0.5) is 5.69 Å². The second kappa shape index (κ2) is 5.90. The first-order valence-corrected chi connectivity index (χ1v) is 5.95. The van der Waals surface area contributed by atoms with Gasteiger partial charge < -0.3 is 5.32 Å². The van der Waals surface area contributed by atoms with Gasteiger partial charge in [0.05, 0.1) is 6.04 Å². The minimum absolute atomic E-state index is 0.108. The SMILES string of the molecule is CCCC(Nc1ccc(C)c(Cl)c1)C(C)=O. The number of carbonyl (C=O) groups is 1. The summed E-state index contributed by atoms with van der Waals surface area (Å²) in [7, 11) is 0. The summed E-state index contributed by atoms with van der Waals surface area (Å²) < 4.78 is 0. The van der Waals surface area contributed by atoms with Crippen molar-refractivity contribution < 1.29 is 4.79 Å². The van der Waals surface area contributed by atoms with E-state index in [9.17, 15) is 4.79 Å². The summed E-state index contributed by atoms with van der Waals surface area (Å²) in [5, 5.41) is 3.94. The molecule has 1 unspecified atom stereocenters. The summed E-state index contributed by atoms with van der Waals surface area (Å²) in [5.41, 5.74) is 1.95. The predicted molar refractivity (Wildman–Crippen MR) is 69.2 cm³/mol. The van der Waals surface area contributed by atoms with E-state index in [-0.39, 0.29) is 11.8 Å². The van der Waals surface area contributed by atoms with Crippen molar-refractivity contribution in [2.45, 2.75) is 39.7 Å². The van der Waals surface area contributed by atoms with Crippen molar-refractivity contribution in [2.24, 2.45) is 0 Å². The van der Waals surface area contributed by atoms with E-state index < -0.39 is 0 Å². The second-order valence-electron chi connectivity index (χ2n) is 4.06. The number of nitrogens with one attached hydrogen (secondary N) is 1. The number of halogens is 1. The van der Waals surface area contributed by atoms with Gasteiger partial charge in [0, 0.05) is 10.7 Å². The fraction of sp³-hybridized carbons (Fsp3) is 0.462. The van der Waals surface area contributed by atoms with E-state index in [4.69, 9.17) is 11.6 Å². The minimum atomic E-state index is -0.108. The van der Waals surface area contributed by atoms with Gasteiger partial charge in [0.2, 0.25) is 0 Å². The van der Waals surface area contributed by atoms with Crippen molar-refractivity contribution in [3.05, 3.63) is 28.8 Å². The Kier molecular flexibility index (Phi) is 4.81. The maximum absolute atomic E-state index is 11.4. The Morgan fingerprint density at radius 2 is 2.19 bits per heavy atom. The van der Waals surface area contributed by atoms with Gasteiger partial charge in [-0.3, -0.25) is 4.79 Å². The number of rotatable bonds is 5. The number of ketones is 1. The molecule has 0 bridgehead atoms. The van der Waals surface area contributed by atoms with Crippen molar-refractivity contribution in [3.8, 4) is 0 Å². The van der Waals surface area contributed by atoms with E-state index >= 15 is 0 Å².